The third-order valence-electron chi connectivity index (χ3n) is 8.02. The van der Waals surface area contributed by atoms with Crippen molar-refractivity contribution in [1.29, 1.82) is 0 Å². The average molecular weight is 509 g/mol. The van der Waals surface area contributed by atoms with E-state index >= 15 is 0 Å². The monoisotopic (exact) mass is 508 g/mol. The van der Waals surface area contributed by atoms with Gasteiger partial charge in [0, 0.05) is 29.4 Å². The van der Waals surface area contributed by atoms with Crippen molar-refractivity contribution in [2.24, 2.45) is 5.41 Å². The van der Waals surface area contributed by atoms with Crippen molar-refractivity contribution < 1.29 is 13.9 Å². The summed E-state index contributed by atoms with van der Waals surface area (Å²) in [6.07, 6.45) is 4.84. The predicted octanol–water partition coefficient (Wildman–Crippen LogP) is 5.01. The summed E-state index contributed by atoms with van der Waals surface area (Å²) in [5.41, 5.74) is 2.15. The summed E-state index contributed by atoms with van der Waals surface area (Å²) >= 11 is 6.36. The summed E-state index contributed by atoms with van der Waals surface area (Å²) in [6.45, 7) is 4.20. The number of amides is 1. The number of benzene rings is 1. The summed E-state index contributed by atoms with van der Waals surface area (Å²) in [5.74, 6) is 2.45. The van der Waals surface area contributed by atoms with E-state index in [0.717, 1.165) is 67.5 Å². The van der Waals surface area contributed by atoms with Crippen molar-refractivity contribution in [2.75, 3.05) is 18.0 Å². The van der Waals surface area contributed by atoms with Crippen molar-refractivity contribution in [1.82, 2.24) is 24.6 Å². The summed E-state index contributed by atoms with van der Waals surface area (Å²) in [7, 11) is 0. The molecule has 8 nitrogen and oxygen atoms in total. The molecule has 2 aliphatic carbocycles. The lowest BCUT2D eigenvalue weighted by Crippen LogP contribution is -2.62. The van der Waals surface area contributed by atoms with Crippen LogP contribution in [0.1, 0.15) is 61.8 Å². The number of aromatic nitrogens is 4. The van der Waals surface area contributed by atoms with Gasteiger partial charge in [-0.15, -0.1) is 10.2 Å². The standard InChI is InChI=1S/C26H26ClFN6O2/c1-15-23-30-31-24(17-9-26(10-17)13-32(14-26)22-7-3-19(28)11-29-22)34(23)21-6-2-18(27)8-16(21)12-33(15)25(35)36-20-4-5-20/h2-3,6-8,11,15,17,20H,4-5,9-10,12-14H2,1H3. The molecule has 186 valence electrons. The van der Waals surface area contributed by atoms with Gasteiger partial charge >= 0.3 is 6.09 Å². The largest absolute Gasteiger partial charge is 0.446 e. The maximum atomic E-state index is 13.2. The van der Waals surface area contributed by atoms with Crippen molar-refractivity contribution in [3.05, 3.63) is 64.6 Å². The molecule has 2 saturated carbocycles. The van der Waals surface area contributed by atoms with E-state index in [-0.39, 0.29) is 35.4 Å². The smallest absolute Gasteiger partial charge is 0.410 e. The molecular formula is C26H26ClFN6O2. The van der Waals surface area contributed by atoms with Crippen LogP contribution in [0.3, 0.4) is 0 Å². The van der Waals surface area contributed by atoms with Crippen molar-refractivity contribution >= 4 is 23.5 Å². The molecule has 0 N–H and O–H groups in total. The first-order valence-corrected chi connectivity index (χ1v) is 12.8. The van der Waals surface area contributed by atoms with Crippen LogP contribution in [0.2, 0.25) is 5.02 Å². The molecule has 0 bridgehead atoms. The number of carbonyl (C=O) groups excluding carboxylic acids is 1. The molecule has 1 unspecified atom stereocenters. The second-order valence-corrected chi connectivity index (χ2v) is 11.1. The number of fused-ring (bicyclic) bond motifs is 3. The highest BCUT2D eigenvalue weighted by atomic mass is 35.5. The van der Waals surface area contributed by atoms with Gasteiger partial charge in [-0.05, 0) is 68.5 Å². The second-order valence-electron chi connectivity index (χ2n) is 10.7. The quantitative estimate of drug-likeness (QED) is 0.495. The van der Waals surface area contributed by atoms with E-state index < -0.39 is 0 Å². The lowest BCUT2D eigenvalue weighted by Gasteiger charge is -2.59. The van der Waals surface area contributed by atoms with E-state index in [1.807, 2.05) is 25.1 Å². The molecule has 10 heteroatoms. The van der Waals surface area contributed by atoms with Gasteiger partial charge in [0.2, 0.25) is 0 Å². The van der Waals surface area contributed by atoms with Crippen LogP contribution in [-0.2, 0) is 11.3 Å². The first-order valence-electron chi connectivity index (χ1n) is 12.5. The molecule has 1 amide bonds. The zero-order valence-corrected chi connectivity index (χ0v) is 20.7. The van der Waals surface area contributed by atoms with Gasteiger partial charge in [0.25, 0.3) is 0 Å². The second kappa shape index (κ2) is 7.90. The Bertz CT molecular complexity index is 1340. The first kappa shape index (κ1) is 22.0. The van der Waals surface area contributed by atoms with E-state index in [4.69, 9.17) is 16.3 Å². The zero-order chi connectivity index (χ0) is 24.6. The Hall–Kier alpha value is -3.20. The predicted molar refractivity (Wildman–Crippen MR) is 131 cm³/mol. The van der Waals surface area contributed by atoms with Gasteiger partial charge in [0.05, 0.1) is 24.5 Å². The zero-order valence-electron chi connectivity index (χ0n) is 19.9. The highest BCUT2D eigenvalue weighted by Gasteiger charge is 2.54. The van der Waals surface area contributed by atoms with E-state index in [9.17, 15) is 9.18 Å². The molecule has 1 aromatic carbocycles. The Morgan fingerprint density at radius 1 is 1.14 bits per heavy atom. The van der Waals surface area contributed by atoms with E-state index in [1.54, 1.807) is 11.0 Å². The SMILES string of the molecule is CC1c2nnc(C3CC4(C3)CN(c3ccc(F)cn3)C4)n2-c2ccc(Cl)cc2CN1C(=O)OC1CC1. The molecule has 1 atom stereocenters. The summed E-state index contributed by atoms with van der Waals surface area (Å²) in [6, 6.07) is 8.69. The minimum absolute atomic E-state index is 0.0264. The Labute approximate surface area is 213 Å². The Balaban J connectivity index is 1.15. The van der Waals surface area contributed by atoms with Crippen LogP contribution in [0.5, 0.6) is 0 Å². The van der Waals surface area contributed by atoms with Crippen LogP contribution in [0, 0.1) is 11.2 Å². The Morgan fingerprint density at radius 2 is 1.92 bits per heavy atom. The molecule has 3 aromatic rings. The molecule has 4 aliphatic rings. The first-order chi connectivity index (χ1) is 17.4. The highest BCUT2D eigenvalue weighted by Crippen LogP contribution is 2.56. The molecule has 2 aliphatic heterocycles. The van der Waals surface area contributed by atoms with E-state index in [2.05, 4.69) is 24.6 Å². The molecule has 0 radical (unpaired) electrons. The van der Waals surface area contributed by atoms with E-state index in [0.29, 0.717) is 11.6 Å². The third kappa shape index (κ3) is 3.55. The topological polar surface area (TPSA) is 76.4 Å². The fourth-order valence-electron chi connectivity index (χ4n) is 5.98. The summed E-state index contributed by atoms with van der Waals surface area (Å²) in [5, 5.41) is 9.86. The number of halogens is 2. The third-order valence-corrected chi connectivity index (χ3v) is 8.25. The lowest BCUT2D eigenvalue weighted by molar-refractivity contribution is 0.0581. The van der Waals surface area contributed by atoms with Gasteiger partial charge in [-0.2, -0.15) is 0 Å². The van der Waals surface area contributed by atoms with Crippen LogP contribution >= 0.6 is 11.6 Å². The highest BCUT2D eigenvalue weighted by molar-refractivity contribution is 6.30. The molecule has 3 fully saturated rings. The van der Waals surface area contributed by atoms with Crippen molar-refractivity contribution in [2.45, 2.75) is 57.2 Å². The van der Waals surface area contributed by atoms with Gasteiger partial charge in [-0.1, -0.05) is 11.6 Å². The molecule has 36 heavy (non-hydrogen) atoms. The van der Waals surface area contributed by atoms with Crippen LogP contribution in [0.4, 0.5) is 15.0 Å². The maximum Gasteiger partial charge on any atom is 0.410 e. The molecule has 4 heterocycles. The van der Waals surface area contributed by atoms with Gasteiger partial charge in [0.15, 0.2) is 5.82 Å². The van der Waals surface area contributed by atoms with Crippen LogP contribution in [0.15, 0.2) is 36.5 Å². The fraction of sp³-hybridized carbons (Fsp3) is 0.462. The number of anilines is 1. The molecule has 1 spiro atoms. The lowest BCUT2D eigenvalue weighted by atomic mass is 9.57. The fourth-order valence-corrected chi connectivity index (χ4v) is 6.17. The van der Waals surface area contributed by atoms with Crippen molar-refractivity contribution in [3.63, 3.8) is 0 Å². The number of ether oxygens (including phenoxy) is 1. The number of pyridine rings is 1. The van der Waals surface area contributed by atoms with E-state index in [1.165, 1.54) is 12.3 Å². The Morgan fingerprint density at radius 3 is 2.64 bits per heavy atom. The van der Waals surface area contributed by atoms with Crippen molar-refractivity contribution in [3.8, 4) is 5.69 Å². The van der Waals surface area contributed by atoms with Crippen LogP contribution in [-0.4, -0.2) is 49.9 Å². The number of carbonyl (C=O) groups is 1. The number of hydrogen-bond acceptors (Lipinski definition) is 6. The van der Waals surface area contributed by atoms with Gasteiger partial charge in [-0.3, -0.25) is 9.47 Å². The summed E-state index contributed by atoms with van der Waals surface area (Å²) in [4.78, 5) is 21.1. The molecule has 2 aromatic heterocycles. The minimum Gasteiger partial charge on any atom is -0.446 e. The molecule has 7 rings (SSSR count). The van der Waals surface area contributed by atoms with Gasteiger partial charge < -0.3 is 9.64 Å². The number of hydrogen-bond donors (Lipinski definition) is 0. The number of rotatable bonds is 3. The normalized spacial score (nSPS) is 22.4. The maximum absolute atomic E-state index is 13.2. The molecular weight excluding hydrogens is 483 g/mol. The minimum atomic E-state index is -0.319. The summed E-state index contributed by atoms with van der Waals surface area (Å²) < 4.78 is 21.0. The average Bonchev–Trinajstić information content (AvgIpc) is 3.54. The van der Waals surface area contributed by atoms with Crippen LogP contribution < -0.4 is 4.90 Å². The van der Waals surface area contributed by atoms with Crippen LogP contribution in [0.25, 0.3) is 5.69 Å². The van der Waals surface area contributed by atoms with Gasteiger partial charge in [0.1, 0.15) is 23.6 Å². The number of nitrogens with zero attached hydrogens (tertiary/aromatic N) is 6. The Kier molecular flexibility index (Phi) is 4.83. The van der Waals surface area contributed by atoms with Gasteiger partial charge in [-0.25, -0.2) is 14.2 Å². The molecule has 1 saturated heterocycles.